The van der Waals surface area contributed by atoms with E-state index in [0.717, 1.165) is 0 Å². The SMILES string of the molecule is O=C(O)c1cccnc1Nc1nccs1. The van der Waals surface area contributed by atoms with E-state index in [1.165, 1.54) is 23.6 Å². The van der Waals surface area contributed by atoms with E-state index in [-0.39, 0.29) is 5.56 Å². The van der Waals surface area contributed by atoms with Gasteiger partial charge in [-0.05, 0) is 12.1 Å². The van der Waals surface area contributed by atoms with E-state index >= 15 is 0 Å². The van der Waals surface area contributed by atoms with E-state index in [2.05, 4.69) is 15.3 Å². The van der Waals surface area contributed by atoms with E-state index in [4.69, 9.17) is 5.11 Å². The number of nitrogens with one attached hydrogen (secondary N) is 1. The highest BCUT2D eigenvalue weighted by molar-refractivity contribution is 7.13. The van der Waals surface area contributed by atoms with E-state index in [9.17, 15) is 4.79 Å². The summed E-state index contributed by atoms with van der Waals surface area (Å²) in [4.78, 5) is 18.8. The van der Waals surface area contributed by atoms with Crippen molar-refractivity contribution in [1.29, 1.82) is 0 Å². The topological polar surface area (TPSA) is 75.1 Å². The zero-order valence-corrected chi connectivity index (χ0v) is 8.36. The first-order valence-corrected chi connectivity index (χ1v) is 5.00. The Kier molecular flexibility index (Phi) is 2.59. The van der Waals surface area contributed by atoms with Gasteiger partial charge in [0.25, 0.3) is 0 Å². The Morgan fingerprint density at radius 1 is 1.40 bits per heavy atom. The van der Waals surface area contributed by atoms with Crippen LogP contribution in [0.4, 0.5) is 10.9 Å². The molecule has 76 valence electrons. The molecule has 0 unspecified atom stereocenters. The summed E-state index contributed by atoms with van der Waals surface area (Å²) in [6.07, 6.45) is 3.17. The Morgan fingerprint density at radius 3 is 2.93 bits per heavy atom. The highest BCUT2D eigenvalue weighted by Gasteiger charge is 2.10. The fourth-order valence-corrected chi connectivity index (χ4v) is 1.59. The van der Waals surface area contributed by atoms with Crippen LogP contribution in [-0.2, 0) is 0 Å². The monoisotopic (exact) mass is 221 g/mol. The molecule has 2 aromatic heterocycles. The van der Waals surface area contributed by atoms with Crippen LogP contribution < -0.4 is 5.32 Å². The minimum absolute atomic E-state index is 0.132. The average molecular weight is 221 g/mol. The van der Waals surface area contributed by atoms with Crippen LogP contribution in [0.3, 0.4) is 0 Å². The normalized spacial score (nSPS) is 9.87. The van der Waals surface area contributed by atoms with Crippen molar-refractivity contribution in [3.05, 3.63) is 35.5 Å². The number of rotatable bonds is 3. The molecule has 0 atom stereocenters. The van der Waals surface area contributed by atoms with Gasteiger partial charge in [0.2, 0.25) is 0 Å². The van der Waals surface area contributed by atoms with E-state index < -0.39 is 5.97 Å². The van der Waals surface area contributed by atoms with Gasteiger partial charge in [-0.3, -0.25) is 0 Å². The van der Waals surface area contributed by atoms with Crippen molar-refractivity contribution in [3.63, 3.8) is 0 Å². The van der Waals surface area contributed by atoms with Crippen LogP contribution in [0.25, 0.3) is 0 Å². The molecule has 0 saturated carbocycles. The third-order valence-electron chi connectivity index (χ3n) is 1.70. The lowest BCUT2D eigenvalue weighted by Gasteiger charge is -2.04. The summed E-state index contributed by atoms with van der Waals surface area (Å²) < 4.78 is 0. The molecule has 0 fully saturated rings. The molecule has 6 heteroatoms. The van der Waals surface area contributed by atoms with Gasteiger partial charge in [0.15, 0.2) is 5.13 Å². The first-order valence-electron chi connectivity index (χ1n) is 4.12. The van der Waals surface area contributed by atoms with E-state index in [0.29, 0.717) is 10.9 Å². The van der Waals surface area contributed by atoms with E-state index in [1.807, 2.05) is 0 Å². The number of carboxylic acid groups (broad SMARTS) is 1. The van der Waals surface area contributed by atoms with E-state index in [1.54, 1.807) is 17.6 Å². The van der Waals surface area contributed by atoms with Crippen LogP contribution in [0, 0.1) is 0 Å². The molecule has 0 aromatic carbocycles. The maximum atomic E-state index is 10.9. The molecular formula is C9H7N3O2S. The van der Waals surface area contributed by atoms with Crippen molar-refractivity contribution in [2.45, 2.75) is 0 Å². The molecule has 2 N–H and O–H groups in total. The Morgan fingerprint density at radius 2 is 2.27 bits per heavy atom. The fraction of sp³-hybridized carbons (Fsp3) is 0. The summed E-state index contributed by atoms with van der Waals surface area (Å²) in [7, 11) is 0. The maximum Gasteiger partial charge on any atom is 0.339 e. The standard InChI is InChI=1S/C9H7N3O2S/c13-8(14)6-2-1-3-10-7(6)12-9-11-4-5-15-9/h1-5H,(H,13,14)(H,10,11,12). The number of aromatic carboxylic acids is 1. The minimum atomic E-state index is -1.01. The van der Waals surface area contributed by atoms with Gasteiger partial charge in [-0.15, -0.1) is 11.3 Å². The molecule has 2 rings (SSSR count). The second-order valence-corrected chi connectivity index (χ2v) is 3.56. The molecule has 0 aliphatic rings. The third-order valence-corrected chi connectivity index (χ3v) is 2.38. The minimum Gasteiger partial charge on any atom is -0.478 e. The predicted octanol–water partition coefficient (Wildman–Crippen LogP) is 1.98. The number of aromatic nitrogens is 2. The van der Waals surface area contributed by atoms with Crippen molar-refractivity contribution in [2.24, 2.45) is 0 Å². The molecule has 0 saturated heterocycles. The smallest absolute Gasteiger partial charge is 0.339 e. The zero-order valence-electron chi connectivity index (χ0n) is 7.54. The highest BCUT2D eigenvalue weighted by Crippen LogP contribution is 2.19. The Balaban J connectivity index is 2.32. The number of carbonyl (C=O) groups is 1. The first kappa shape index (κ1) is 9.60. The number of nitrogens with zero attached hydrogens (tertiary/aromatic N) is 2. The number of pyridine rings is 1. The van der Waals surface area contributed by atoms with Gasteiger partial charge in [-0.1, -0.05) is 0 Å². The summed E-state index contributed by atoms with van der Waals surface area (Å²) >= 11 is 1.38. The molecule has 0 amide bonds. The van der Waals surface area contributed by atoms with Crippen molar-refractivity contribution in [1.82, 2.24) is 9.97 Å². The molecule has 0 radical (unpaired) electrons. The van der Waals surface area contributed by atoms with Crippen LogP contribution in [0.2, 0.25) is 0 Å². The highest BCUT2D eigenvalue weighted by atomic mass is 32.1. The second kappa shape index (κ2) is 4.05. The van der Waals surface area contributed by atoms with Crippen LogP contribution in [0.15, 0.2) is 29.9 Å². The lowest BCUT2D eigenvalue weighted by atomic mass is 10.2. The van der Waals surface area contributed by atoms with Gasteiger partial charge in [0, 0.05) is 17.8 Å². The number of carboxylic acids is 1. The zero-order chi connectivity index (χ0) is 10.7. The third kappa shape index (κ3) is 2.10. The van der Waals surface area contributed by atoms with Crippen molar-refractivity contribution in [2.75, 3.05) is 5.32 Å². The molecule has 0 spiro atoms. The Bertz CT molecular complexity index is 470. The van der Waals surface area contributed by atoms with Gasteiger partial charge in [0.05, 0.1) is 0 Å². The second-order valence-electron chi connectivity index (χ2n) is 2.67. The van der Waals surface area contributed by atoms with Gasteiger partial charge in [0.1, 0.15) is 11.4 Å². The summed E-state index contributed by atoms with van der Waals surface area (Å²) in [5, 5.41) is 14.2. The number of hydrogen-bond acceptors (Lipinski definition) is 5. The van der Waals surface area contributed by atoms with Crippen LogP contribution in [0.5, 0.6) is 0 Å². The molecular weight excluding hydrogens is 214 g/mol. The van der Waals surface area contributed by atoms with Crippen molar-refractivity contribution in [3.8, 4) is 0 Å². The Labute approximate surface area is 89.4 Å². The Hall–Kier alpha value is -1.95. The number of hydrogen-bond donors (Lipinski definition) is 2. The van der Waals surface area contributed by atoms with Gasteiger partial charge in [-0.2, -0.15) is 0 Å². The van der Waals surface area contributed by atoms with Crippen molar-refractivity contribution < 1.29 is 9.90 Å². The lowest BCUT2D eigenvalue weighted by Crippen LogP contribution is -2.04. The fourth-order valence-electron chi connectivity index (χ4n) is 1.06. The van der Waals surface area contributed by atoms with Crippen LogP contribution in [0.1, 0.15) is 10.4 Å². The molecule has 0 aliphatic heterocycles. The molecule has 2 aromatic rings. The number of anilines is 2. The summed E-state index contributed by atoms with van der Waals surface area (Å²) in [6.45, 7) is 0. The van der Waals surface area contributed by atoms with Crippen LogP contribution in [-0.4, -0.2) is 21.0 Å². The lowest BCUT2D eigenvalue weighted by molar-refractivity contribution is 0.0697. The van der Waals surface area contributed by atoms with Gasteiger partial charge in [-0.25, -0.2) is 14.8 Å². The largest absolute Gasteiger partial charge is 0.478 e. The molecule has 15 heavy (non-hydrogen) atoms. The maximum absolute atomic E-state index is 10.9. The average Bonchev–Trinajstić information content (AvgIpc) is 2.71. The van der Waals surface area contributed by atoms with Crippen LogP contribution >= 0.6 is 11.3 Å². The van der Waals surface area contributed by atoms with Gasteiger partial charge >= 0.3 is 5.97 Å². The molecule has 0 aliphatic carbocycles. The summed E-state index contributed by atoms with van der Waals surface area (Å²) in [6, 6.07) is 3.07. The first-order chi connectivity index (χ1) is 7.27. The quantitative estimate of drug-likeness (QED) is 0.828. The molecule has 2 heterocycles. The predicted molar refractivity (Wildman–Crippen MR) is 56.6 cm³/mol. The van der Waals surface area contributed by atoms with Crippen molar-refractivity contribution >= 4 is 28.3 Å². The molecule has 5 nitrogen and oxygen atoms in total. The number of thiazole rings is 1. The summed E-state index contributed by atoms with van der Waals surface area (Å²) in [5.41, 5.74) is 0.132. The van der Waals surface area contributed by atoms with Gasteiger partial charge < -0.3 is 10.4 Å². The molecule has 0 bridgehead atoms. The summed E-state index contributed by atoms with van der Waals surface area (Å²) in [5.74, 6) is -0.706.